The molecule has 4 aliphatic rings. The van der Waals surface area contributed by atoms with E-state index in [2.05, 4.69) is 90.9 Å². The summed E-state index contributed by atoms with van der Waals surface area (Å²) in [7, 11) is 4.21. The van der Waals surface area contributed by atoms with Gasteiger partial charge in [0.2, 0.25) is 0 Å². The highest BCUT2D eigenvalue weighted by Crippen LogP contribution is 2.67. The monoisotopic (exact) mass is 824 g/mol. The van der Waals surface area contributed by atoms with Crippen LogP contribution in [0.15, 0.2) is 36.0 Å². The number of nitrogens with zero attached hydrogens (tertiary/aromatic N) is 1. The minimum Gasteiger partial charge on any atom is -0.379 e. The van der Waals surface area contributed by atoms with Gasteiger partial charge in [-0.15, -0.1) is 0 Å². The number of unbranched alkanes of at least 4 members (excludes halogenated alkanes) is 9. The normalized spacial score (nSPS) is 29.3. The van der Waals surface area contributed by atoms with E-state index in [1.54, 1.807) is 5.57 Å². The van der Waals surface area contributed by atoms with Crippen molar-refractivity contribution in [3.05, 3.63) is 36.0 Å². The van der Waals surface area contributed by atoms with E-state index >= 15 is 0 Å². The maximum Gasteiger partial charge on any atom is 0.0935 e. The predicted molar refractivity (Wildman–Crippen MR) is 252 cm³/mol. The fourth-order valence-electron chi connectivity index (χ4n) is 12.4. The molecule has 0 aromatic heterocycles. The Morgan fingerprint density at radius 3 is 2.20 bits per heavy atom. The number of hydrogen-bond acceptors (Lipinski definition) is 5. The second-order valence-corrected chi connectivity index (χ2v) is 21.1. The van der Waals surface area contributed by atoms with E-state index < -0.39 is 0 Å². The molecule has 0 heterocycles. The summed E-state index contributed by atoms with van der Waals surface area (Å²) in [6, 6.07) is 0. The Hall–Kier alpha value is -0.980. The van der Waals surface area contributed by atoms with Gasteiger partial charge in [0.25, 0.3) is 0 Å². The first-order valence-electron chi connectivity index (χ1n) is 25.6. The van der Waals surface area contributed by atoms with Crippen molar-refractivity contribution in [2.24, 2.45) is 46.3 Å². The maximum absolute atomic E-state index is 6.47. The third-order valence-corrected chi connectivity index (χ3v) is 15.8. The van der Waals surface area contributed by atoms with Crippen molar-refractivity contribution in [3.63, 3.8) is 0 Å². The molecule has 9 atom stereocenters. The molecule has 4 rings (SSSR count). The van der Waals surface area contributed by atoms with Gasteiger partial charge in [-0.3, -0.25) is 0 Å². The molecule has 0 N–H and O–H groups in total. The average Bonchev–Trinajstić information content (AvgIpc) is 3.57. The lowest BCUT2D eigenvalue weighted by Gasteiger charge is -2.58. The molecule has 0 aromatic rings. The van der Waals surface area contributed by atoms with Gasteiger partial charge in [-0.2, -0.15) is 0 Å². The van der Waals surface area contributed by atoms with Crippen molar-refractivity contribution >= 4 is 0 Å². The number of rotatable bonds is 32. The van der Waals surface area contributed by atoms with E-state index in [-0.39, 0.29) is 6.10 Å². The van der Waals surface area contributed by atoms with Crippen LogP contribution in [0.3, 0.4) is 0 Å². The molecule has 59 heavy (non-hydrogen) atoms. The van der Waals surface area contributed by atoms with Gasteiger partial charge in [-0.05, 0) is 150 Å². The summed E-state index contributed by atoms with van der Waals surface area (Å²) in [5, 5.41) is 0. The summed E-state index contributed by atoms with van der Waals surface area (Å²) in [5.74, 6) is 5.36. The Balaban J connectivity index is 1.02. The van der Waals surface area contributed by atoms with Crippen LogP contribution in [0.25, 0.3) is 0 Å². The number of likely N-dealkylation sites (N-methyl/N-ethyl adjacent to an activating group) is 1. The summed E-state index contributed by atoms with van der Waals surface area (Å²) < 4.78 is 24.8. The molecule has 0 aromatic carbocycles. The highest BCUT2D eigenvalue weighted by Gasteiger charge is 2.59. The van der Waals surface area contributed by atoms with E-state index in [1.807, 2.05) is 0 Å². The fourth-order valence-corrected chi connectivity index (χ4v) is 12.4. The Kier molecular flexibility index (Phi) is 24.0. The van der Waals surface area contributed by atoms with E-state index in [9.17, 15) is 0 Å². The summed E-state index contributed by atoms with van der Waals surface area (Å²) in [6.45, 7) is 19.9. The molecule has 5 heteroatoms. The van der Waals surface area contributed by atoms with E-state index in [0.717, 1.165) is 67.9 Å². The standard InChI is InChI=1S/C54H97NO4/c1-9-10-11-12-13-14-15-16-17-18-19-20-21-22-23-24-36-57-43-48(42-55(7)8)59-40-38-56-37-39-58-47-32-34-53(5)46(41-47)28-29-49-51-31-30-50(45(4)27-25-26-44(2)3)54(51,6)35-33-52(49)53/h13-14,16-17,28,44-45,47-52H,9-12,15,18-27,29-43H2,1-8H3/t45?,47-,48?,49?,50?,51?,52?,53-,54+/m0/s1. The summed E-state index contributed by atoms with van der Waals surface area (Å²) in [4.78, 5) is 2.19. The molecular formula is C54H97NO4. The van der Waals surface area contributed by atoms with Crippen molar-refractivity contribution in [3.8, 4) is 0 Å². The molecule has 342 valence electrons. The maximum atomic E-state index is 6.47. The van der Waals surface area contributed by atoms with Gasteiger partial charge in [-0.25, -0.2) is 0 Å². The van der Waals surface area contributed by atoms with Gasteiger partial charge in [0.05, 0.1) is 45.2 Å². The molecule has 0 amide bonds. The van der Waals surface area contributed by atoms with Gasteiger partial charge < -0.3 is 23.8 Å². The molecular weight excluding hydrogens is 727 g/mol. The lowest BCUT2D eigenvalue weighted by atomic mass is 9.47. The molecule has 0 aliphatic heterocycles. The van der Waals surface area contributed by atoms with E-state index in [1.165, 1.54) is 128 Å². The Morgan fingerprint density at radius 2 is 1.46 bits per heavy atom. The zero-order chi connectivity index (χ0) is 42.4. The molecule has 3 saturated carbocycles. The van der Waals surface area contributed by atoms with E-state index in [4.69, 9.17) is 18.9 Å². The third-order valence-electron chi connectivity index (χ3n) is 15.8. The summed E-state index contributed by atoms with van der Waals surface area (Å²) in [5.41, 5.74) is 2.67. The van der Waals surface area contributed by atoms with Crippen molar-refractivity contribution in [2.75, 3.05) is 60.3 Å². The predicted octanol–water partition coefficient (Wildman–Crippen LogP) is 14.2. The van der Waals surface area contributed by atoms with Crippen LogP contribution in [0, 0.1) is 46.3 Å². The lowest BCUT2D eigenvalue weighted by Crippen LogP contribution is -2.51. The van der Waals surface area contributed by atoms with Crippen molar-refractivity contribution in [1.82, 2.24) is 4.90 Å². The quantitative estimate of drug-likeness (QED) is 0.0499. The first-order valence-corrected chi connectivity index (χ1v) is 25.6. The highest BCUT2D eigenvalue weighted by atomic mass is 16.6. The van der Waals surface area contributed by atoms with Crippen LogP contribution in [0.2, 0.25) is 0 Å². The smallest absolute Gasteiger partial charge is 0.0935 e. The van der Waals surface area contributed by atoms with Crippen molar-refractivity contribution in [1.29, 1.82) is 0 Å². The largest absolute Gasteiger partial charge is 0.379 e. The van der Waals surface area contributed by atoms with Crippen LogP contribution in [0.5, 0.6) is 0 Å². The number of fused-ring (bicyclic) bond motifs is 5. The molecule has 4 aliphatic carbocycles. The molecule has 5 nitrogen and oxygen atoms in total. The van der Waals surface area contributed by atoms with Crippen LogP contribution in [-0.4, -0.2) is 77.4 Å². The van der Waals surface area contributed by atoms with Crippen LogP contribution in [0.1, 0.15) is 189 Å². The van der Waals surface area contributed by atoms with Gasteiger partial charge in [0, 0.05) is 13.2 Å². The highest BCUT2D eigenvalue weighted by molar-refractivity contribution is 5.25. The fraction of sp³-hybridized carbons (Fsp3) is 0.889. The number of ether oxygens (including phenoxy) is 4. The Labute approximate surface area is 366 Å². The van der Waals surface area contributed by atoms with Gasteiger partial charge >= 0.3 is 0 Å². The first-order chi connectivity index (χ1) is 28.6. The second kappa shape index (κ2) is 27.9. The van der Waals surface area contributed by atoms with Gasteiger partial charge in [0.15, 0.2) is 0 Å². The molecule has 0 saturated heterocycles. The zero-order valence-corrected chi connectivity index (χ0v) is 40.3. The van der Waals surface area contributed by atoms with Gasteiger partial charge in [-0.1, -0.05) is 135 Å². The number of allylic oxidation sites excluding steroid dienone is 5. The minimum absolute atomic E-state index is 0.0745. The van der Waals surface area contributed by atoms with Crippen LogP contribution in [0.4, 0.5) is 0 Å². The zero-order valence-electron chi connectivity index (χ0n) is 40.3. The molecule has 3 fully saturated rings. The van der Waals surface area contributed by atoms with Gasteiger partial charge in [0.1, 0.15) is 0 Å². The minimum atomic E-state index is 0.0745. The molecule has 6 unspecified atom stereocenters. The average molecular weight is 824 g/mol. The number of hydrogen-bond donors (Lipinski definition) is 0. The van der Waals surface area contributed by atoms with Crippen LogP contribution >= 0.6 is 0 Å². The first kappa shape index (κ1) is 50.7. The van der Waals surface area contributed by atoms with Crippen molar-refractivity contribution < 1.29 is 18.9 Å². The SMILES string of the molecule is CCCCCC=CCC=CCCCCCCCCOCC(CN(C)C)OCCOCCO[C@H]1CC[C@@]2(C)C(=CCC3C4CCC(C(C)CCCC(C)C)[C@@]4(C)CCC32)C1. The Morgan fingerprint density at radius 1 is 0.729 bits per heavy atom. The molecule has 0 bridgehead atoms. The van der Waals surface area contributed by atoms with Crippen LogP contribution in [-0.2, 0) is 18.9 Å². The Bertz CT molecular complexity index is 1190. The van der Waals surface area contributed by atoms with E-state index in [0.29, 0.717) is 50.0 Å². The molecule has 0 spiro atoms. The third kappa shape index (κ3) is 16.9. The topological polar surface area (TPSA) is 40.2 Å². The summed E-state index contributed by atoms with van der Waals surface area (Å²) in [6.07, 6.45) is 42.8. The van der Waals surface area contributed by atoms with Crippen LogP contribution < -0.4 is 0 Å². The lowest BCUT2D eigenvalue weighted by molar-refractivity contribution is -0.0727. The van der Waals surface area contributed by atoms with Crippen molar-refractivity contribution in [2.45, 2.75) is 201 Å². The second-order valence-electron chi connectivity index (χ2n) is 21.1. The molecule has 0 radical (unpaired) electrons. The summed E-state index contributed by atoms with van der Waals surface area (Å²) >= 11 is 0.